The van der Waals surface area contributed by atoms with Gasteiger partial charge in [-0.3, -0.25) is 4.98 Å². The lowest BCUT2D eigenvalue weighted by Gasteiger charge is -2.38. The molecular weight excluding hydrogens is 371 g/mol. The van der Waals surface area contributed by atoms with Crippen LogP contribution in [0, 0.1) is 0 Å². The number of amides is 2. The second-order valence-corrected chi connectivity index (χ2v) is 7.17. The summed E-state index contributed by atoms with van der Waals surface area (Å²) < 4.78 is 45.5. The van der Waals surface area contributed by atoms with Gasteiger partial charge in [-0.25, -0.2) is 4.79 Å². The highest BCUT2D eigenvalue weighted by Crippen LogP contribution is 2.39. The van der Waals surface area contributed by atoms with Crippen LogP contribution < -0.4 is 10.1 Å². The van der Waals surface area contributed by atoms with Crippen molar-refractivity contribution in [2.45, 2.75) is 50.0 Å². The van der Waals surface area contributed by atoms with E-state index in [0.717, 1.165) is 18.9 Å². The molecule has 1 aromatic heterocycles. The van der Waals surface area contributed by atoms with Crippen molar-refractivity contribution in [3.63, 3.8) is 0 Å². The van der Waals surface area contributed by atoms with Crippen LogP contribution >= 0.6 is 0 Å². The fourth-order valence-electron chi connectivity index (χ4n) is 4.18. The maximum atomic E-state index is 13.2. The smallest absolute Gasteiger partial charge is 0.418 e. The summed E-state index contributed by atoms with van der Waals surface area (Å²) in [7, 11) is 0. The third-order valence-electron chi connectivity index (χ3n) is 5.34. The fourth-order valence-corrected chi connectivity index (χ4v) is 4.18. The van der Waals surface area contributed by atoms with Crippen LogP contribution in [0.3, 0.4) is 0 Å². The van der Waals surface area contributed by atoms with Gasteiger partial charge in [0.15, 0.2) is 0 Å². The number of rotatable bonds is 3. The molecule has 0 spiro atoms. The van der Waals surface area contributed by atoms with Crippen LogP contribution in [0.2, 0.25) is 0 Å². The Bertz CT molecular complexity index is 830. The van der Waals surface area contributed by atoms with Crippen LogP contribution in [0.15, 0.2) is 48.8 Å². The van der Waals surface area contributed by atoms with Crippen LogP contribution in [0.1, 0.15) is 31.2 Å². The molecule has 2 aromatic rings. The largest absolute Gasteiger partial charge is 0.489 e. The van der Waals surface area contributed by atoms with Crippen LogP contribution in [-0.2, 0) is 6.18 Å². The minimum atomic E-state index is -4.52. The Morgan fingerprint density at radius 1 is 1.11 bits per heavy atom. The van der Waals surface area contributed by atoms with E-state index in [4.69, 9.17) is 4.74 Å². The van der Waals surface area contributed by atoms with Gasteiger partial charge in [0.2, 0.25) is 0 Å². The first kappa shape index (κ1) is 18.6. The van der Waals surface area contributed by atoms with Gasteiger partial charge in [0.25, 0.3) is 0 Å². The van der Waals surface area contributed by atoms with Crippen molar-refractivity contribution in [3.8, 4) is 5.75 Å². The minimum Gasteiger partial charge on any atom is -0.489 e. The molecule has 0 saturated carbocycles. The highest BCUT2D eigenvalue weighted by Gasteiger charge is 2.44. The molecule has 0 aliphatic carbocycles. The van der Waals surface area contributed by atoms with E-state index in [0.29, 0.717) is 18.6 Å². The first-order valence-corrected chi connectivity index (χ1v) is 9.24. The molecule has 1 aromatic carbocycles. The van der Waals surface area contributed by atoms with E-state index < -0.39 is 17.8 Å². The topological polar surface area (TPSA) is 54.5 Å². The van der Waals surface area contributed by atoms with Gasteiger partial charge in [0.05, 0.1) is 17.4 Å². The number of benzene rings is 1. The van der Waals surface area contributed by atoms with Crippen molar-refractivity contribution in [3.05, 3.63) is 54.4 Å². The number of para-hydroxylation sites is 1. The third-order valence-corrected chi connectivity index (χ3v) is 5.34. The van der Waals surface area contributed by atoms with E-state index in [9.17, 15) is 18.0 Å². The molecule has 2 atom stereocenters. The summed E-state index contributed by atoms with van der Waals surface area (Å²) in [6.07, 6.45) is 1.72. The summed E-state index contributed by atoms with van der Waals surface area (Å²) in [5.41, 5.74) is -1.06. The number of anilines is 1. The highest BCUT2D eigenvalue weighted by atomic mass is 19.4. The molecule has 0 radical (unpaired) electrons. The Labute approximate surface area is 160 Å². The molecule has 1 N–H and O–H groups in total. The summed E-state index contributed by atoms with van der Waals surface area (Å²) in [6.45, 7) is 0. The number of nitrogens with zero attached hydrogens (tertiary/aromatic N) is 2. The Morgan fingerprint density at radius 3 is 2.46 bits per heavy atom. The zero-order chi connectivity index (χ0) is 19.7. The molecular formula is C20H20F3N3O2. The molecule has 2 aliphatic rings. The predicted molar refractivity (Wildman–Crippen MR) is 97.0 cm³/mol. The summed E-state index contributed by atoms with van der Waals surface area (Å²) in [6, 6.07) is 8.10. The zero-order valence-corrected chi connectivity index (χ0v) is 15.0. The van der Waals surface area contributed by atoms with E-state index >= 15 is 0 Å². The number of aromatic nitrogens is 1. The van der Waals surface area contributed by atoms with Gasteiger partial charge in [-0.15, -0.1) is 0 Å². The molecule has 2 saturated heterocycles. The first-order chi connectivity index (χ1) is 13.4. The van der Waals surface area contributed by atoms with E-state index in [1.807, 2.05) is 6.07 Å². The molecule has 148 valence electrons. The number of fused-ring (bicyclic) bond motifs is 2. The van der Waals surface area contributed by atoms with E-state index in [1.54, 1.807) is 23.4 Å². The van der Waals surface area contributed by atoms with Crippen LogP contribution in [0.5, 0.6) is 5.75 Å². The van der Waals surface area contributed by atoms with Gasteiger partial charge < -0.3 is 15.0 Å². The highest BCUT2D eigenvalue weighted by molar-refractivity contribution is 5.91. The standard InChI is InChI=1S/C20H20F3N3O2/c21-20(22,23)17-5-1-2-6-18(17)25-19(27)26-13-7-8-14(26)11-16(10-13)28-15-4-3-9-24-12-15/h1-6,9,12-14,16H,7-8,10-11H2,(H,25,27). The maximum Gasteiger partial charge on any atom is 0.418 e. The molecule has 2 bridgehead atoms. The molecule has 28 heavy (non-hydrogen) atoms. The number of nitrogens with one attached hydrogen (secondary N) is 1. The minimum absolute atomic E-state index is 0.0341. The number of hydrogen-bond donors (Lipinski definition) is 1. The Kier molecular flexibility index (Phi) is 4.87. The molecule has 8 heteroatoms. The van der Waals surface area contributed by atoms with Crippen molar-refractivity contribution in [2.24, 2.45) is 0 Å². The van der Waals surface area contributed by atoms with Crippen LogP contribution in [-0.4, -0.2) is 34.1 Å². The summed E-state index contributed by atoms with van der Waals surface area (Å²) in [4.78, 5) is 18.5. The molecule has 2 unspecified atom stereocenters. The lowest BCUT2D eigenvalue weighted by molar-refractivity contribution is -0.136. The van der Waals surface area contributed by atoms with Gasteiger partial charge in [-0.2, -0.15) is 13.2 Å². The van der Waals surface area contributed by atoms with Gasteiger partial charge in [0, 0.05) is 31.1 Å². The number of carbonyl (C=O) groups is 1. The van der Waals surface area contributed by atoms with Gasteiger partial charge in [-0.05, 0) is 37.1 Å². The number of urea groups is 1. The number of halogens is 3. The Morgan fingerprint density at radius 2 is 1.82 bits per heavy atom. The SMILES string of the molecule is O=C(Nc1ccccc1C(F)(F)F)N1C2CCC1CC(Oc1cccnc1)C2. The molecule has 2 amide bonds. The predicted octanol–water partition coefficient (Wildman–Crippen LogP) is 4.71. The number of alkyl halides is 3. The van der Waals surface area contributed by atoms with Crippen molar-refractivity contribution in [1.29, 1.82) is 0 Å². The van der Waals surface area contributed by atoms with Gasteiger partial charge in [0.1, 0.15) is 11.9 Å². The average molecular weight is 391 g/mol. The maximum absolute atomic E-state index is 13.2. The summed E-state index contributed by atoms with van der Waals surface area (Å²) in [5, 5.41) is 2.47. The lowest BCUT2D eigenvalue weighted by atomic mass is 10.00. The van der Waals surface area contributed by atoms with Crippen molar-refractivity contribution in [1.82, 2.24) is 9.88 Å². The Hall–Kier alpha value is -2.77. The quantitative estimate of drug-likeness (QED) is 0.825. The van der Waals surface area contributed by atoms with Gasteiger partial charge in [-0.1, -0.05) is 12.1 Å². The second kappa shape index (κ2) is 7.33. The second-order valence-electron chi connectivity index (χ2n) is 7.17. The average Bonchev–Trinajstić information content (AvgIpc) is 2.93. The number of ether oxygens (including phenoxy) is 1. The normalized spacial score (nSPS) is 24.1. The number of hydrogen-bond acceptors (Lipinski definition) is 3. The number of pyridine rings is 1. The molecule has 5 nitrogen and oxygen atoms in total. The number of carbonyl (C=O) groups excluding carboxylic acids is 1. The summed E-state index contributed by atoms with van der Waals surface area (Å²) in [5.74, 6) is 0.684. The Balaban J connectivity index is 1.45. The number of piperidine rings is 1. The van der Waals surface area contributed by atoms with Gasteiger partial charge >= 0.3 is 12.2 Å². The molecule has 2 aliphatic heterocycles. The fraction of sp³-hybridized carbons (Fsp3) is 0.400. The first-order valence-electron chi connectivity index (χ1n) is 9.24. The van der Waals surface area contributed by atoms with Crippen LogP contribution in [0.4, 0.5) is 23.7 Å². The summed E-state index contributed by atoms with van der Waals surface area (Å²) >= 11 is 0. The molecule has 2 fully saturated rings. The van der Waals surface area contributed by atoms with Crippen molar-refractivity contribution < 1.29 is 22.7 Å². The van der Waals surface area contributed by atoms with Crippen molar-refractivity contribution >= 4 is 11.7 Å². The third kappa shape index (κ3) is 3.76. The van der Waals surface area contributed by atoms with E-state index in [1.165, 1.54) is 18.2 Å². The van der Waals surface area contributed by atoms with E-state index in [2.05, 4.69) is 10.3 Å². The molecule has 3 heterocycles. The lowest BCUT2D eigenvalue weighted by Crippen LogP contribution is -2.50. The van der Waals surface area contributed by atoms with Crippen molar-refractivity contribution in [2.75, 3.05) is 5.32 Å². The zero-order valence-electron chi connectivity index (χ0n) is 15.0. The van der Waals surface area contributed by atoms with Crippen LogP contribution in [0.25, 0.3) is 0 Å². The van der Waals surface area contributed by atoms with E-state index in [-0.39, 0.29) is 23.9 Å². The molecule has 4 rings (SSSR count). The monoisotopic (exact) mass is 391 g/mol.